The van der Waals surface area contributed by atoms with E-state index in [1.54, 1.807) is 0 Å². The Morgan fingerprint density at radius 2 is 1.94 bits per heavy atom. The number of nitrogens with zero attached hydrogens (tertiary/aromatic N) is 1. The molecule has 0 aliphatic rings. The molecule has 17 heavy (non-hydrogen) atoms. The molecule has 0 unspecified atom stereocenters. The summed E-state index contributed by atoms with van der Waals surface area (Å²) in [5.41, 5.74) is 3.53. The number of para-hydroxylation sites is 1. The highest BCUT2D eigenvalue weighted by Crippen LogP contribution is 2.16. The van der Waals surface area contributed by atoms with Crippen LogP contribution < -0.4 is 10.9 Å². The minimum Gasteiger partial charge on any atom is -0.272 e. The number of hydrazine groups is 1. The molecule has 0 fully saturated rings. The molecule has 0 aromatic heterocycles. The Morgan fingerprint density at radius 3 is 2.53 bits per heavy atom. The summed E-state index contributed by atoms with van der Waals surface area (Å²) in [4.78, 5) is 32.2. The molecule has 0 aliphatic carbocycles. The van der Waals surface area contributed by atoms with Crippen molar-refractivity contribution in [1.82, 2.24) is 10.9 Å². The molecule has 2 amide bonds. The Bertz CT molecular complexity index is 463. The second-order valence-electron chi connectivity index (χ2n) is 2.91. The second-order valence-corrected chi connectivity index (χ2v) is 3.18. The molecule has 8 heteroatoms. The van der Waals surface area contributed by atoms with E-state index in [2.05, 4.69) is 0 Å². The number of carbonyl (C=O) groups excluding carboxylic acids is 2. The van der Waals surface area contributed by atoms with Gasteiger partial charge in [0, 0.05) is 6.07 Å². The van der Waals surface area contributed by atoms with Gasteiger partial charge in [0.2, 0.25) is 0 Å². The molecular formula is C9H8ClN3O4. The maximum Gasteiger partial charge on any atom is 0.282 e. The van der Waals surface area contributed by atoms with Gasteiger partial charge < -0.3 is 0 Å². The summed E-state index contributed by atoms with van der Waals surface area (Å²) in [6.07, 6.45) is 0. The van der Waals surface area contributed by atoms with Crippen molar-refractivity contribution in [1.29, 1.82) is 0 Å². The summed E-state index contributed by atoms with van der Waals surface area (Å²) in [7, 11) is 0. The number of nitro benzene ring substituents is 1. The molecule has 0 bridgehead atoms. The molecule has 0 saturated heterocycles. The van der Waals surface area contributed by atoms with Crippen molar-refractivity contribution < 1.29 is 14.5 Å². The van der Waals surface area contributed by atoms with E-state index in [0.717, 1.165) is 0 Å². The normalized spacial score (nSPS) is 9.47. The molecule has 7 nitrogen and oxygen atoms in total. The summed E-state index contributed by atoms with van der Waals surface area (Å²) in [5, 5.41) is 10.6. The predicted molar refractivity (Wildman–Crippen MR) is 59.4 cm³/mol. The summed E-state index contributed by atoms with van der Waals surface area (Å²) < 4.78 is 0. The quantitative estimate of drug-likeness (QED) is 0.470. The molecule has 0 aliphatic heterocycles. The van der Waals surface area contributed by atoms with Crippen LogP contribution in [0.1, 0.15) is 10.4 Å². The molecule has 0 radical (unpaired) electrons. The third-order valence-corrected chi connectivity index (χ3v) is 2.02. The first-order chi connectivity index (χ1) is 8.06. The Balaban J connectivity index is 2.82. The molecule has 90 valence electrons. The van der Waals surface area contributed by atoms with E-state index in [4.69, 9.17) is 11.6 Å². The summed E-state index contributed by atoms with van der Waals surface area (Å²) in [6.45, 7) is 0. The predicted octanol–water partition coefficient (Wildman–Crippen LogP) is 0.595. The molecule has 0 spiro atoms. The van der Waals surface area contributed by atoms with Crippen molar-refractivity contribution in [2.24, 2.45) is 0 Å². The van der Waals surface area contributed by atoms with Gasteiger partial charge >= 0.3 is 0 Å². The number of nitrogens with one attached hydrogen (secondary N) is 2. The molecular weight excluding hydrogens is 250 g/mol. The van der Waals surface area contributed by atoms with Gasteiger partial charge in [-0.2, -0.15) is 0 Å². The minimum atomic E-state index is -0.782. The third-order valence-electron chi connectivity index (χ3n) is 1.78. The van der Waals surface area contributed by atoms with E-state index in [1.165, 1.54) is 24.3 Å². The fourth-order valence-electron chi connectivity index (χ4n) is 1.05. The van der Waals surface area contributed by atoms with E-state index in [0.29, 0.717) is 0 Å². The highest BCUT2D eigenvalue weighted by Gasteiger charge is 2.19. The fourth-order valence-corrected chi connectivity index (χ4v) is 1.12. The standard InChI is InChI=1S/C9H8ClN3O4/c10-5-8(14)11-12-9(15)6-3-1-2-4-7(6)13(16)17/h1-4H,5H2,(H,11,14)(H,12,15). The lowest BCUT2D eigenvalue weighted by Crippen LogP contribution is -2.42. The largest absolute Gasteiger partial charge is 0.282 e. The molecule has 1 aromatic carbocycles. The summed E-state index contributed by atoms with van der Waals surface area (Å²) >= 11 is 5.19. The van der Waals surface area contributed by atoms with Crippen LogP contribution in [0, 0.1) is 10.1 Å². The van der Waals surface area contributed by atoms with Crippen LogP contribution in [0.2, 0.25) is 0 Å². The van der Waals surface area contributed by atoms with Crippen LogP contribution in [0.3, 0.4) is 0 Å². The molecule has 0 atom stereocenters. The van der Waals surface area contributed by atoms with E-state index in [1.807, 2.05) is 10.9 Å². The molecule has 0 heterocycles. The monoisotopic (exact) mass is 257 g/mol. The van der Waals surface area contributed by atoms with Gasteiger partial charge in [-0.25, -0.2) is 0 Å². The Hall–Kier alpha value is -2.15. The summed E-state index contributed by atoms with van der Waals surface area (Å²) in [5.74, 6) is -1.72. The van der Waals surface area contributed by atoms with Crippen molar-refractivity contribution in [3.63, 3.8) is 0 Å². The van der Waals surface area contributed by atoms with Crippen molar-refractivity contribution in [3.05, 3.63) is 39.9 Å². The topological polar surface area (TPSA) is 101 Å². The minimum absolute atomic E-state index is 0.146. The van der Waals surface area contributed by atoms with Crippen LogP contribution >= 0.6 is 11.6 Å². The Labute approximate surface area is 101 Å². The Morgan fingerprint density at radius 1 is 1.29 bits per heavy atom. The number of amides is 2. The first-order valence-corrected chi connectivity index (χ1v) is 4.98. The lowest BCUT2D eigenvalue weighted by Gasteiger charge is -2.05. The van der Waals surface area contributed by atoms with Crippen LogP contribution in [0.15, 0.2) is 24.3 Å². The van der Waals surface area contributed by atoms with Crippen LogP contribution in [-0.4, -0.2) is 22.6 Å². The van der Waals surface area contributed by atoms with Gasteiger partial charge in [0.05, 0.1) is 4.92 Å². The second kappa shape index (κ2) is 5.80. The van der Waals surface area contributed by atoms with Crippen LogP contribution in [0.5, 0.6) is 0 Å². The van der Waals surface area contributed by atoms with E-state index < -0.39 is 16.7 Å². The van der Waals surface area contributed by atoms with Gasteiger partial charge in [0.1, 0.15) is 11.4 Å². The van der Waals surface area contributed by atoms with Gasteiger partial charge in [-0.15, -0.1) is 11.6 Å². The number of hydrogen-bond donors (Lipinski definition) is 2. The lowest BCUT2D eigenvalue weighted by atomic mass is 10.2. The van der Waals surface area contributed by atoms with E-state index in [-0.39, 0.29) is 17.1 Å². The third kappa shape index (κ3) is 3.42. The fraction of sp³-hybridized carbons (Fsp3) is 0.111. The first-order valence-electron chi connectivity index (χ1n) is 4.45. The molecule has 1 rings (SSSR count). The number of alkyl halides is 1. The van der Waals surface area contributed by atoms with Gasteiger partial charge in [-0.3, -0.25) is 30.6 Å². The zero-order chi connectivity index (χ0) is 12.8. The number of benzene rings is 1. The molecule has 1 aromatic rings. The number of hydrogen-bond acceptors (Lipinski definition) is 4. The van der Waals surface area contributed by atoms with Gasteiger partial charge in [0.25, 0.3) is 17.5 Å². The smallest absolute Gasteiger partial charge is 0.272 e. The number of halogens is 1. The Kier molecular flexibility index (Phi) is 4.41. The average molecular weight is 258 g/mol. The van der Waals surface area contributed by atoms with Crippen LogP contribution in [-0.2, 0) is 4.79 Å². The maximum atomic E-state index is 11.5. The van der Waals surface area contributed by atoms with Crippen molar-refractivity contribution in [2.75, 3.05) is 5.88 Å². The number of rotatable bonds is 3. The lowest BCUT2D eigenvalue weighted by molar-refractivity contribution is -0.385. The zero-order valence-electron chi connectivity index (χ0n) is 8.47. The SMILES string of the molecule is O=C(CCl)NNC(=O)c1ccccc1[N+](=O)[O-]. The highest BCUT2D eigenvalue weighted by atomic mass is 35.5. The van der Waals surface area contributed by atoms with Crippen LogP contribution in [0.25, 0.3) is 0 Å². The van der Waals surface area contributed by atoms with Gasteiger partial charge in [0.15, 0.2) is 0 Å². The van der Waals surface area contributed by atoms with Crippen molar-refractivity contribution in [2.45, 2.75) is 0 Å². The first kappa shape index (κ1) is 12.9. The number of nitro groups is 1. The van der Waals surface area contributed by atoms with Gasteiger partial charge in [-0.1, -0.05) is 12.1 Å². The van der Waals surface area contributed by atoms with Crippen molar-refractivity contribution in [3.8, 4) is 0 Å². The van der Waals surface area contributed by atoms with E-state index in [9.17, 15) is 19.7 Å². The van der Waals surface area contributed by atoms with Crippen LogP contribution in [0.4, 0.5) is 5.69 Å². The average Bonchev–Trinajstić information content (AvgIpc) is 2.35. The number of carbonyl (C=O) groups is 2. The van der Waals surface area contributed by atoms with Gasteiger partial charge in [-0.05, 0) is 6.07 Å². The van der Waals surface area contributed by atoms with E-state index >= 15 is 0 Å². The zero-order valence-corrected chi connectivity index (χ0v) is 9.23. The highest BCUT2D eigenvalue weighted by molar-refractivity contribution is 6.27. The maximum absolute atomic E-state index is 11.5. The van der Waals surface area contributed by atoms with Crippen molar-refractivity contribution >= 4 is 29.1 Å². The summed E-state index contributed by atoms with van der Waals surface area (Å²) in [6, 6.07) is 5.39. The molecule has 2 N–H and O–H groups in total. The molecule has 0 saturated carbocycles.